The summed E-state index contributed by atoms with van der Waals surface area (Å²) in [4.78, 5) is 24.2. The minimum atomic E-state index is -0.993. The van der Waals surface area contributed by atoms with Crippen molar-refractivity contribution in [2.75, 3.05) is 33.4 Å². The lowest BCUT2D eigenvalue weighted by atomic mass is 10.0. The van der Waals surface area contributed by atoms with E-state index in [9.17, 15) is 9.59 Å². The molecular formula is C12H20N2O5. The number of carbonyl (C=O) groups excluding carboxylic acids is 1. The number of amides is 2. The molecule has 2 aliphatic rings. The molecule has 0 bridgehead atoms. The number of hydrogen-bond acceptors (Lipinski definition) is 4. The average molecular weight is 272 g/mol. The fourth-order valence-corrected chi connectivity index (χ4v) is 2.20. The molecule has 0 aromatic carbocycles. The molecule has 0 spiro atoms. The fourth-order valence-electron chi connectivity index (χ4n) is 2.20. The monoisotopic (exact) mass is 272 g/mol. The smallest absolute Gasteiger partial charge is 0.323 e. The number of nitrogens with zero attached hydrogens (tertiary/aromatic N) is 1. The van der Waals surface area contributed by atoms with E-state index < -0.39 is 11.6 Å². The van der Waals surface area contributed by atoms with E-state index in [-0.39, 0.29) is 18.6 Å². The molecule has 7 nitrogen and oxygen atoms in total. The predicted molar refractivity (Wildman–Crippen MR) is 65.9 cm³/mol. The number of nitrogens with one attached hydrogen (secondary N) is 1. The summed E-state index contributed by atoms with van der Waals surface area (Å²) in [6.07, 6.45) is 2.48. The van der Waals surface area contributed by atoms with Crippen LogP contribution in [0.1, 0.15) is 19.3 Å². The van der Waals surface area contributed by atoms with Crippen LogP contribution in [0.3, 0.4) is 0 Å². The molecule has 1 unspecified atom stereocenters. The summed E-state index contributed by atoms with van der Waals surface area (Å²) >= 11 is 0. The van der Waals surface area contributed by atoms with Crippen molar-refractivity contribution in [2.45, 2.75) is 30.9 Å². The van der Waals surface area contributed by atoms with E-state index in [0.717, 1.165) is 19.3 Å². The van der Waals surface area contributed by atoms with Gasteiger partial charge >= 0.3 is 12.0 Å². The second-order valence-electron chi connectivity index (χ2n) is 5.10. The highest BCUT2D eigenvalue weighted by molar-refractivity contribution is 5.80. The summed E-state index contributed by atoms with van der Waals surface area (Å²) in [5.74, 6) is -0.993. The molecule has 19 heavy (non-hydrogen) atoms. The first kappa shape index (κ1) is 14.1. The molecule has 7 heteroatoms. The molecule has 1 saturated heterocycles. The quantitative estimate of drug-likeness (QED) is 0.713. The normalized spacial score (nSPS) is 26.2. The number of carboxylic acids is 1. The topological polar surface area (TPSA) is 88.1 Å². The van der Waals surface area contributed by atoms with Gasteiger partial charge in [-0.2, -0.15) is 0 Å². The first-order valence-electron chi connectivity index (χ1n) is 6.45. The Bertz CT molecular complexity index is 350. The number of carbonyl (C=O) groups is 2. The van der Waals surface area contributed by atoms with Gasteiger partial charge in [-0.05, 0) is 12.8 Å². The lowest BCUT2D eigenvalue weighted by Gasteiger charge is -2.28. The molecular weight excluding hydrogens is 252 g/mol. The van der Waals surface area contributed by atoms with Crippen molar-refractivity contribution in [3.05, 3.63) is 0 Å². The van der Waals surface area contributed by atoms with Crippen LogP contribution in [0, 0.1) is 0 Å². The summed E-state index contributed by atoms with van der Waals surface area (Å²) < 4.78 is 10.7. The van der Waals surface area contributed by atoms with E-state index in [2.05, 4.69) is 5.32 Å². The number of aliphatic carboxylic acids is 1. The third kappa shape index (κ3) is 3.57. The highest BCUT2D eigenvalue weighted by atomic mass is 16.5. The Kier molecular flexibility index (Phi) is 4.26. The van der Waals surface area contributed by atoms with E-state index in [0.29, 0.717) is 19.8 Å². The van der Waals surface area contributed by atoms with Gasteiger partial charge in [0, 0.05) is 26.2 Å². The maximum atomic E-state index is 12.0. The maximum absolute atomic E-state index is 12.0. The molecule has 0 radical (unpaired) electrons. The number of carboxylic acid groups (broad SMARTS) is 1. The molecule has 1 aliphatic carbocycles. The molecule has 1 atom stereocenters. The van der Waals surface area contributed by atoms with Crippen LogP contribution in [-0.2, 0) is 14.3 Å². The Morgan fingerprint density at radius 1 is 1.53 bits per heavy atom. The summed E-state index contributed by atoms with van der Waals surface area (Å²) in [7, 11) is 1.59. The van der Waals surface area contributed by atoms with E-state index >= 15 is 0 Å². The Morgan fingerprint density at radius 2 is 2.26 bits per heavy atom. The van der Waals surface area contributed by atoms with Crippen molar-refractivity contribution in [1.82, 2.24) is 10.2 Å². The Morgan fingerprint density at radius 3 is 2.74 bits per heavy atom. The van der Waals surface area contributed by atoms with E-state index in [4.69, 9.17) is 14.6 Å². The lowest BCUT2D eigenvalue weighted by molar-refractivity contribution is -0.137. The Hall–Kier alpha value is -1.34. The molecule has 1 saturated carbocycles. The Labute approximate surface area is 111 Å². The fraction of sp³-hybridized carbons (Fsp3) is 0.833. The van der Waals surface area contributed by atoms with Gasteiger partial charge in [0.1, 0.15) is 12.1 Å². The third-order valence-corrected chi connectivity index (χ3v) is 3.62. The minimum Gasteiger partial charge on any atom is -0.480 e. The SMILES string of the molecule is COC1(CNC(=O)N(CC(=O)O)C2CC2)CCOC1. The van der Waals surface area contributed by atoms with Crippen molar-refractivity contribution in [3.8, 4) is 0 Å². The van der Waals surface area contributed by atoms with Gasteiger partial charge in [0.2, 0.25) is 0 Å². The number of ether oxygens (including phenoxy) is 2. The molecule has 0 aromatic heterocycles. The van der Waals surface area contributed by atoms with E-state index in [1.165, 1.54) is 4.90 Å². The van der Waals surface area contributed by atoms with Crippen LogP contribution in [0.15, 0.2) is 0 Å². The standard InChI is InChI=1S/C12H20N2O5/c1-18-12(4-5-19-8-12)7-13-11(17)14(6-10(15)16)9-2-3-9/h9H,2-8H2,1H3,(H,13,17)(H,15,16). The predicted octanol–water partition coefficient (Wildman–Crippen LogP) is 0.0505. The Balaban J connectivity index is 1.86. The van der Waals surface area contributed by atoms with E-state index in [1.807, 2.05) is 0 Å². The number of urea groups is 1. The van der Waals surface area contributed by atoms with Crippen LogP contribution in [0.4, 0.5) is 4.79 Å². The van der Waals surface area contributed by atoms with Gasteiger partial charge in [-0.3, -0.25) is 4.79 Å². The van der Waals surface area contributed by atoms with Crippen molar-refractivity contribution >= 4 is 12.0 Å². The third-order valence-electron chi connectivity index (χ3n) is 3.62. The summed E-state index contributed by atoms with van der Waals surface area (Å²) in [5.41, 5.74) is -0.478. The summed E-state index contributed by atoms with van der Waals surface area (Å²) in [5, 5.41) is 11.6. The molecule has 108 valence electrons. The number of rotatable bonds is 6. The van der Waals surface area contributed by atoms with Gasteiger partial charge in [-0.25, -0.2) is 4.79 Å². The zero-order valence-electron chi connectivity index (χ0n) is 11.1. The molecule has 2 amide bonds. The van der Waals surface area contributed by atoms with Gasteiger partial charge < -0.3 is 24.8 Å². The highest BCUT2D eigenvalue weighted by Gasteiger charge is 2.38. The number of hydrogen-bond donors (Lipinski definition) is 2. The van der Waals surface area contributed by atoms with Crippen LogP contribution in [-0.4, -0.2) is 67.1 Å². The maximum Gasteiger partial charge on any atom is 0.323 e. The average Bonchev–Trinajstić information content (AvgIpc) is 3.12. The zero-order valence-corrected chi connectivity index (χ0v) is 11.1. The minimum absolute atomic E-state index is 0.0643. The molecule has 1 aliphatic heterocycles. The lowest BCUT2D eigenvalue weighted by Crippen LogP contribution is -2.50. The van der Waals surface area contributed by atoms with Crippen LogP contribution in [0.5, 0.6) is 0 Å². The van der Waals surface area contributed by atoms with Gasteiger partial charge in [0.25, 0.3) is 0 Å². The van der Waals surface area contributed by atoms with Crippen LogP contribution >= 0.6 is 0 Å². The molecule has 2 rings (SSSR count). The van der Waals surface area contributed by atoms with Crippen LogP contribution in [0.2, 0.25) is 0 Å². The second-order valence-corrected chi connectivity index (χ2v) is 5.10. The molecule has 2 N–H and O–H groups in total. The van der Waals surface area contributed by atoms with Crippen molar-refractivity contribution in [1.29, 1.82) is 0 Å². The first-order valence-corrected chi connectivity index (χ1v) is 6.45. The largest absolute Gasteiger partial charge is 0.480 e. The van der Waals surface area contributed by atoms with Gasteiger partial charge in [0.05, 0.1) is 13.2 Å². The number of methoxy groups -OCH3 is 1. The van der Waals surface area contributed by atoms with Gasteiger partial charge in [-0.1, -0.05) is 0 Å². The zero-order chi connectivity index (χ0) is 13.9. The molecule has 1 heterocycles. The van der Waals surface area contributed by atoms with Crippen molar-refractivity contribution < 1.29 is 24.2 Å². The summed E-state index contributed by atoms with van der Waals surface area (Å²) in [6, 6.07) is -0.275. The van der Waals surface area contributed by atoms with Crippen LogP contribution in [0.25, 0.3) is 0 Å². The van der Waals surface area contributed by atoms with Gasteiger partial charge in [-0.15, -0.1) is 0 Å². The van der Waals surface area contributed by atoms with E-state index in [1.54, 1.807) is 7.11 Å². The molecule has 0 aromatic rings. The summed E-state index contributed by atoms with van der Waals surface area (Å²) in [6.45, 7) is 1.15. The molecule has 2 fully saturated rings. The first-order chi connectivity index (χ1) is 9.06. The second kappa shape index (κ2) is 5.75. The van der Waals surface area contributed by atoms with Crippen molar-refractivity contribution in [2.24, 2.45) is 0 Å². The van der Waals surface area contributed by atoms with Gasteiger partial charge in [0.15, 0.2) is 0 Å². The van der Waals surface area contributed by atoms with Crippen LogP contribution < -0.4 is 5.32 Å². The highest BCUT2D eigenvalue weighted by Crippen LogP contribution is 2.27. The van der Waals surface area contributed by atoms with Crippen molar-refractivity contribution in [3.63, 3.8) is 0 Å².